The minimum Gasteiger partial charge on any atom is -0.497 e. The molecule has 9 nitrogen and oxygen atoms in total. The van der Waals surface area contributed by atoms with Gasteiger partial charge < -0.3 is 19.7 Å². The summed E-state index contributed by atoms with van der Waals surface area (Å²) in [6.07, 6.45) is 3.88. The van der Waals surface area contributed by atoms with Gasteiger partial charge in [0, 0.05) is 17.6 Å². The van der Waals surface area contributed by atoms with Gasteiger partial charge in [0.1, 0.15) is 24.1 Å². The van der Waals surface area contributed by atoms with E-state index >= 15 is 0 Å². The molecule has 0 aromatic heterocycles. The number of hydrogen-bond donors (Lipinski definition) is 1. The molecule has 3 aromatic carbocycles. The third kappa shape index (κ3) is 7.54. The smallest absolute Gasteiger partial charge is 0.264 e. The SMILES string of the molecule is COc1ccc(S(=O)(=O)N(CC(=O)N(Cc2cccc(OC)c2)C(C)C(=O)NC2CCCC2)c2ccc(Cl)cc2)cc1. The molecule has 0 saturated heterocycles. The molecule has 224 valence electrons. The summed E-state index contributed by atoms with van der Waals surface area (Å²) in [4.78, 5) is 28.8. The fourth-order valence-corrected chi connectivity index (χ4v) is 6.49. The summed E-state index contributed by atoms with van der Waals surface area (Å²) in [5, 5.41) is 3.48. The Kier molecular flexibility index (Phi) is 10.3. The van der Waals surface area contributed by atoms with E-state index in [2.05, 4.69) is 5.32 Å². The van der Waals surface area contributed by atoms with E-state index in [-0.39, 0.29) is 29.1 Å². The summed E-state index contributed by atoms with van der Waals surface area (Å²) in [5.41, 5.74) is 0.993. The zero-order chi connectivity index (χ0) is 30.3. The standard InChI is InChI=1S/C31H36ClN3O6S/c1-22(31(37)33-25-8-4-5-9-25)34(20-23-7-6-10-28(19-23)41-3)30(36)21-35(26-13-11-24(32)12-14-26)42(38,39)29-17-15-27(40-2)16-18-29/h6-7,10-19,22,25H,4-5,8-9,20-21H2,1-3H3,(H,33,37). The lowest BCUT2D eigenvalue weighted by Crippen LogP contribution is -2.52. The zero-order valence-corrected chi connectivity index (χ0v) is 25.5. The number of rotatable bonds is 12. The van der Waals surface area contributed by atoms with E-state index in [9.17, 15) is 18.0 Å². The molecule has 1 unspecified atom stereocenters. The van der Waals surface area contributed by atoms with Crippen LogP contribution in [-0.4, -0.2) is 58.0 Å². The molecule has 1 N–H and O–H groups in total. The minimum atomic E-state index is -4.20. The number of hydrogen-bond acceptors (Lipinski definition) is 6. The number of anilines is 1. The molecule has 42 heavy (non-hydrogen) atoms. The van der Waals surface area contributed by atoms with Crippen LogP contribution in [0.3, 0.4) is 0 Å². The maximum Gasteiger partial charge on any atom is 0.264 e. The third-order valence-electron chi connectivity index (χ3n) is 7.40. The molecular weight excluding hydrogens is 578 g/mol. The predicted octanol–water partition coefficient (Wildman–Crippen LogP) is 5.03. The number of carbonyl (C=O) groups excluding carboxylic acids is 2. The molecule has 1 aliphatic carbocycles. The van der Waals surface area contributed by atoms with Gasteiger partial charge in [-0.25, -0.2) is 8.42 Å². The van der Waals surface area contributed by atoms with Gasteiger partial charge in [-0.1, -0.05) is 36.6 Å². The number of halogens is 1. The van der Waals surface area contributed by atoms with Crippen LogP contribution in [0.25, 0.3) is 0 Å². The van der Waals surface area contributed by atoms with E-state index in [0.29, 0.717) is 16.5 Å². The second kappa shape index (κ2) is 13.9. The van der Waals surface area contributed by atoms with E-state index in [0.717, 1.165) is 35.6 Å². The van der Waals surface area contributed by atoms with Crippen molar-refractivity contribution in [2.75, 3.05) is 25.1 Å². The van der Waals surface area contributed by atoms with Crippen LogP contribution in [0.5, 0.6) is 11.5 Å². The largest absolute Gasteiger partial charge is 0.497 e. The number of sulfonamides is 1. The van der Waals surface area contributed by atoms with Crippen molar-refractivity contribution in [1.82, 2.24) is 10.2 Å². The van der Waals surface area contributed by atoms with Crippen molar-refractivity contribution >= 4 is 39.1 Å². The monoisotopic (exact) mass is 613 g/mol. The van der Waals surface area contributed by atoms with Gasteiger partial charge in [0.05, 0.1) is 24.8 Å². The Morgan fingerprint density at radius 2 is 1.60 bits per heavy atom. The molecule has 1 saturated carbocycles. The lowest BCUT2D eigenvalue weighted by atomic mass is 10.1. The van der Waals surface area contributed by atoms with E-state index < -0.39 is 28.5 Å². The van der Waals surface area contributed by atoms with Crippen LogP contribution >= 0.6 is 11.6 Å². The van der Waals surface area contributed by atoms with Gasteiger partial charge in [0.15, 0.2) is 0 Å². The zero-order valence-electron chi connectivity index (χ0n) is 24.0. The average molecular weight is 614 g/mol. The van der Waals surface area contributed by atoms with Crippen LogP contribution in [0.2, 0.25) is 5.02 Å². The first-order valence-electron chi connectivity index (χ1n) is 13.8. The Balaban J connectivity index is 1.69. The van der Waals surface area contributed by atoms with Crippen molar-refractivity contribution in [1.29, 1.82) is 0 Å². The number of benzene rings is 3. The molecule has 0 heterocycles. The summed E-state index contributed by atoms with van der Waals surface area (Å²) in [6, 6.07) is 18.5. The summed E-state index contributed by atoms with van der Waals surface area (Å²) in [7, 11) is -1.16. The first-order chi connectivity index (χ1) is 20.1. The van der Waals surface area contributed by atoms with Crippen molar-refractivity contribution < 1.29 is 27.5 Å². The third-order valence-corrected chi connectivity index (χ3v) is 9.44. The summed E-state index contributed by atoms with van der Waals surface area (Å²) >= 11 is 6.09. The predicted molar refractivity (Wildman–Crippen MR) is 162 cm³/mol. The summed E-state index contributed by atoms with van der Waals surface area (Å²) in [6.45, 7) is 1.19. The lowest BCUT2D eigenvalue weighted by molar-refractivity contribution is -0.139. The fourth-order valence-electron chi connectivity index (χ4n) is 4.95. The Morgan fingerprint density at radius 3 is 2.21 bits per heavy atom. The lowest BCUT2D eigenvalue weighted by Gasteiger charge is -2.32. The molecule has 1 fully saturated rings. The average Bonchev–Trinajstić information content (AvgIpc) is 3.52. The number of nitrogens with zero attached hydrogens (tertiary/aromatic N) is 2. The molecular formula is C31H36ClN3O6S. The second-order valence-corrected chi connectivity index (χ2v) is 12.5. The highest BCUT2D eigenvalue weighted by atomic mass is 35.5. The van der Waals surface area contributed by atoms with Gasteiger partial charge in [0.25, 0.3) is 10.0 Å². The van der Waals surface area contributed by atoms with Crippen molar-refractivity contribution in [3.63, 3.8) is 0 Å². The molecule has 3 aromatic rings. The van der Waals surface area contributed by atoms with Crippen LogP contribution in [0.4, 0.5) is 5.69 Å². The molecule has 0 spiro atoms. The second-order valence-electron chi connectivity index (χ2n) is 10.2. The summed E-state index contributed by atoms with van der Waals surface area (Å²) < 4.78 is 39.4. The number of ether oxygens (including phenoxy) is 2. The molecule has 1 aliphatic rings. The molecule has 0 bridgehead atoms. The summed E-state index contributed by atoms with van der Waals surface area (Å²) in [5.74, 6) is 0.274. The van der Waals surface area contributed by atoms with Gasteiger partial charge in [-0.3, -0.25) is 13.9 Å². The van der Waals surface area contributed by atoms with Gasteiger partial charge in [-0.2, -0.15) is 0 Å². The first-order valence-corrected chi connectivity index (χ1v) is 15.6. The van der Waals surface area contributed by atoms with Crippen molar-refractivity contribution in [2.45, 2.75) is 56.1 Å². The number of methoxy groups -OCH3 is 2. The Morgan fingerprint density at radius 1 is 0.952 bits per heavy atom. The van der Waals surface area contributed by atoms with E-state index in [1.54, 1.807) is 68.6 Å². The topological polar surface area (TPSA) is 105 Å². The van der Waals surface area contributed by atoms with Crippen molar-refractivity contribution in [3.8, 4) is 11.5 Å². The van der Waals surface area contributed by atoms with Crippen LogP contribution in [0, 0.1) is 0 Å². The van der Waals surface area contributed by atoms with Gasteiger partial charge in [-0.05, 0) is 86.0 Å². The highest BCUT2D eigenvalue weighted by molar-refractivity contribution is 7.92. The molecule has 4 rings (SSSR count). The maximum absolute atomic E-state index is 14.1. The van der Waals surface area contributed by atoms with Gasteiger partial charge in [-0.15, -0.1) is 0 Å². The number of carbonyl (C=O) groups is 2. The van der Waals surface area contributed by atoms with Crippen molar-refractivity contribution in [2.24, 2.45) is 0 Å². The van der Waals surface area contributed by atoms with E-state index in [4.69, 9.17) is 21.1 Å². The van der Waals surface area contributed by atoms with Crippen LogP contribution < -0.4 is 19.1 Å². The Hall–Kier alpha value is -3.76. The fraction of sp³-hybridized carbons (Fsp3) is 0.355. The minimum absolute atomic E-state index is 0.0163. The quantitative estimate of drug-likeness (QED) is 0.307. The van der Waals surface area contributed by atoms with Crippen LogP contribution in [0.15, 0.2) is 77.7 Å². The van der Waals surface area contributed by atoms with E-state index in [1.807, 2.05) is 6.07 Å². The normalized spacial score (nSPS) is 14.2. The number of amides is 2. The Bertz CT molecular complexity index is 1480. The van der Waals surface area contributed by atoms with E-state index in [1.165, 1.54) is 24.1 Å². The Labute approximate surface area is 252 Å². The van der Waals surface area contributed by atoms with Crippen LogP contribution in [-0.2, 0) is 26.2 Å². The molecule has 2 amide bonds. The molecule has 0 aliphatic heterocycles. The van der Waals surface area contributed by atoms with Crippen molar-refractivity contribution in [3.05, 3.63) is 83.4 Å². The molecule has 1 atom stereocenters. The molecule has 0 radical (unpaired) electrons. The van der Waals surface area contributed by atoms with Crippen LogP contribution in [0.1, 0.15) is 38.2 Å². The molecule has 11 heteroatoms. The highest BCUT2D eigenvalue weighted by Crippen LogP contribution is 2.27. The first kappa shape index (κ1) is 31.2. The van der Waals surface area contributed by atoms with Gasteiger partial charge >= 0.3 is 0 Å². The van der Waals surface area contributed by atoms with Gasteiger partial charge in [0.2, 0.25) is 11.8 Å². The maximum atomic E-state index is 14.1. The number of nitrogens with one attached hydrogen (secondary N) is 1. The highest BCUT2D eigenvalue weighted by Gasteiger charge is 2.33.